The number of aromatic nitrogens is 2. The molecule has 0 aliphatic carbocycles. The predicted octanol–water partition coefficient (Wildman–Crippen LogP) is 6.76. The molecule has 0 radical (unpaired) electrons. The van der Waals surface area contributed by atoms with E-state index in [2.05, 4.69) is 29.6 Å². The van der Waals surface area contributed by atoms with E-state index in [1.165, 1.54) is 6.07 Å². The molecule has 6 heteroatoms. The molecule has 0 fully saturated rings. The molecule has 0 bridgehead atoms. The lowest BCUT2D eigenvalue weighted by Gasteiger charge is -2.18. The lowest BCUT2D eigenvalue weighted by atomic mass is 9.97. The van der Waals surface area contributed by atoms with E-state index in [-0.39, 0.29) is 11.7 Å². The van der Waals surface area contributed by atoms with Gasteiger partial charge < -0.3 is 4.74 Å². The SMILES string of the molecule is CC(C)Cc1ccccc1-c1nccn1-c1ccc(C(C)C)c(OC(F)(F)F)c1. The Balaban J connectivity index is 2.09. The molecule has 29 heavy (non-hydrogen) atoms. The third-order valence-electron chi connectivity index (χ3n) is 4.65. The minimum Gasteiger partial charge on any atom is -0.405 e. The molecule has 0 unspecified atom stereocenters. The molecule has 0 amide bonds. The smallest absolute Gasteiger partial charge is 0.405 e. The van der Waals surface area contributed by atoms with Crippen LogP contribution in [0.25, 0.3) is 17.1 Å². The third-order valence-corrected chi connectivity index (χ3v) is 4.65. The van der Waals surface area contributed by atoms with E-state index in [9.17, 15) is 13.2 Å². The molecule has 1 heterocycles. The van der Waals surface area contributed by atoms with Crippen LogP contribution in [0.4, 0.5) is 13.2 Å². The van der Waals surface area contributed by atoms with Gasteiger partial charge in [-0.15, -0.1) is 13.2 Å². The van der Waals surface area contributed by atoms with E-state index < -0.39 is 6.36 Å². The summed E-state index contributed by atoms with van der Waals surface area (Å²) in [6.45, 7) is 7.97. The summed E-state index contributed by atoms with van der Waals surface area (Å²) < 4.78 is 44.9. The Bertz CT molecular complexity index is 974. The molecule has 0 saturated heterocycles. The fourth-order valence-corrected chi connectivity index (χ4v) is 3.43. The van der Waals surface area contributed by atoms with Gasteiger partial charge in [0.1, 0.15) is 11.6 Å². The number of imidazole rings is 1. The van der Waals surface area contributed by atoms with Crippen molar-refractivity contribution in [1.82, 2.24) is 9.55 Å². The number of rotatable bonds is 6. The first-order chi connectivity index (χ1) is 13.7. The fraction of sp³-hybridized carbons (Fsp3) is 0.348. The molecular weight excluding hydrogens is 377 g/mol. The summed E-state index contributed by atoms with van der Waals surface area (Å²) in [5.74, 6) is 0.878. The van der Waals surface area contributed by atoms with E-state index in [4.69, 9.17) is 0 Å². The van der Waals surface area contributed by atoms with Crippen molar-refractivity contribution < 1.29 is 17.9 Å². The van der Waals surface area contributed by atoms with Gasteiger partial charge in [0.05, 0.1) is 5.69 Å². The standard InChI is InChI=1S/C23H25F3N2O/c1-15(2)13-17-7-5-6-8-20(17)22-27-11-12-28(22)18-9-10-19(16(3)4)21(14-18)29-23(24,25)26/h5-12,14-16H,13H2,1-4H3. The van der Waals surface area contributed by atoms with E-state index in [1.807, 2.05) is 32.0 Å². The quantitative estimate of drug-likeness (QED) is 0.455. The van der Waals surface area contributed by atoms with E-state index in [0.717, 1.165) is 17.5 Å². The van der Waals surface area contributed by atoms with Crippen molar-refractivity contribution in [3.05, 3.63) is 66.0 Å². The Morgan fingerprint density at radius 3 is 2.41 bits per heavy atom. The van der Waals surface area contributed by atoms with Crippen molar-refractivity contribution in [2.75, 3.05) is 0 Å². The van der Waals surface area contributed by atoms with Crippen LogP contribution in [0.1, 0.15) is 44.7 Å². The van der Waals surface area contributed by atoms with Crippen LogP contribution in [0, 0.1) is 5.92 Å². The van der Waals surface area contributed by atoms with Gasteiger partial charge in [0.15, 0.2) is 0 Å². The molecule has 0 N–H and O–H groups in total. The van der Waals surface area contributed by atoms with Gasteiger partial charge >= 0.3 is 6.36 Å². The van der Waals surface area contributed by atoms with E-state index in [1.54, 1.807) is 29.1 Å². The van der Waals surface area contributed by atoms with Crippen molar-refractivity contribution in [3.63, 3.8) is 0 Å². The maximum absolute atomic E-state index is 12.9. The monoisotopic (exact) mass is 402 g/mol. The average Bonchev–Trinajstić information content (AvgIpc) is 3.09. The first-order valence-corrected chi connectivity index (χ1v) is 9.67. The Hall–Kier alpha value is -2.76. The Morgan fingerprint density at radius 1 is 1.03 bits per heavy atom. The van der Waals surface area contributed by atoms with Crippen LogP contribution in [0.2, 0.25) is 0 Å². The van der Waals surface area contributed by atoms with Crippen LogP contribution in [0.5, 0.6) is 5.75 Å². The largest absolute Gasteiger partial charge is 0.573 e. The van der Waals surface area contributed by atoms with Crippen LogP contribution in [-0.2, 0) is 6.42 Å². The molecule has 0 spiro atoms. The highest BCUT2D eigenvalue weighted by Gasteiger charge is 2.32. The van der Waals surface area contributed by atoms with E-state index >= 15 is 0 Å². The molecular formula is C23H25F3N2O. The summed E-state index contributed by atoms with van der Waals surface area (Å²) in [5, 5.41) is 0. The molecule has 0 saturated carbocycles. The minimum atomic E-state index is -4.75. The zero-order chi connectivity index (χ0) is 21.2. The Kier molecular flexibility index (Phi) is 6.01. The Labute approximate surface area is 169 Å². The molecule has 1 aromatic heterocycles. The number of alkyl halides is 3. The van der Waals surface area contributed by atoms with Crippen LogP contribution < -0.4 is 4.74 Å². The second-order valence-corrected chi connectivity index (χ2v) is 7.80. The van der Waals surface area contributed by atoms with Crippen LogP contribution >= 0.6 is 0 Å². The maximum atomic E-state index is 12.9. The van der Waals surface area contributed by atoms with Crippen molar-refractivity contribution in [1.29, 1.82) is 0 Å². The number of halogens is 3. The van der Waals surface area contributed by atoms with Crippen molar-refractivity contribution in [2.45, 2.75) is 46.4 Å². The number of hydrogen-bond donors (Lipinski definition) is 0. The minimum absolute atomic E-state index is 0.101. The third kappa shape index (κ3) is 5.00. The van der Waals surface area contributed by atoms with Crippen LogP contribution in [0.15, 0.2) is 54.9 Å². The summed E-state index contributed by atoms with van der Waals surface area (Å²) in [6, 6.07) is 12.9. The topological polar surface area (TPSA) is 27.1 Å². The van der Waals surface area contributed by atoms with Gasteiger partial charge in [-0.25, -0.2) is 4.98 Å². The molecule has 3 nitrogen and oxygen atoms in total. The van der Waals surface area contributed by atoms with Crippen molar-refractivity contribution in [3.8, 4) is 22.8 Å². The van der Waals surface area contributed by atoms with Gasteiger partial charge in [0.2, 0.25) is 0 Å². The Morgan fingerprint density at radius 2 is 1.76 bits per heavy atom. The summed E-state index contributed by atoms with van der Waals surface area (Å²) in [5.41, 5.74) is 3.20. The summed E-state index contributed by atoms with van der Waals surface area (Å²) in [4.78, 5) is 4.49. The molecule has 2 aromatic carbocycles. The molecule has 154 valence electrons. The van der Waals surface area contributed by atoms with Crippen LogP contribution in [0.3, 0.4) is 0 Å². The van der Waals surface area contributed by atoms with E-state index in [0.29, 0.717) is 23.0 Å². The number of hydrogen-bond acceptors (Lipinski definition) is 2. The zero-order valence-corrected chi connectivity index (χ0v) is 17.0. The van der Waals surface area contributed by atoms with Gasteiger partial charge in [0.25, 0.3) is 0 Å². The predicted molar refractivity (Wildman–Crippen MR) is 108 cm³/mol. The summed E-state index contributed by atoms with van der Waals surface area (Å²) in [6.07, 6.45) is -0.451. The van der Waals surface area contributed by atoms with Gasteiger partial charge in [-0.1, -0.05) is 58.0 Å². The van der Waals surface area contributed by atoms with Crippen molar-refractivity contribution >= 4 is 0 Å². The maximum Gasteiger partial charge on any atom is 0.573 e. The summed E-state index contributed by atoms with van der Waals surface area (Å²) in [7, 11) is 0. The van der Waals surface area contributed by atoms with Crippen LogP contribution in [-0.4, -0.2) is 15.9 Å². The molecule has 3 rings (SSSR count). The fourth-order valence-electron chi connectivity index (χ4n) is 3.43. The lowest BCUT2D eigenvalue weighted by molar-refractivity contribution is -0.274. The number of ether oxygens (including phenoxy) is 1. The second-order valence-electron chi connectivity index (χ2n) is 7.80. The normalized spacial score (nSPS) is 12.0. The molecule has 3 aromatic rings. The first-order valence-electron chi connectivity index (χ1n) is 9.67. The molecule has 0 aliphatic rings. The summed E-state index contributed by atoms with van der Waals surface area (Å²) >= 11 is 0. The lowest BCUT2D eigenvalue weighted by Crippen LogP contribution is -2.18. The highest BCUT2D eigenvalue weighted by Crippen LogP contribution is 2.34. The highest BCUT2D eigenvalue weighted by molar-refractivity contribution is 5.64. The van der Waals surface area contributed by atoms with Gasteiger partial charge in [0, 0.05) is 24.0 Å². The van der Waals surface area contributed by atoms with Gasteiger partial charge in [-0.3, -0.25) is 4.57 Å². The van der Waals surface area contributed by atoms with Gasteiger partial charge in [-0.2, -0.15) is 0 Å². The first kappa shape index (κ1) is 21.0. The average molecular weight is 402 g/mol. The molecule has 0 aliphatic heterocycles. The highest BCUT2D eigenvalue weighted by atomic mass is 19.4. The molecule has 0 atom stereocenters. The number of benzene rings is 2. The zero-order valence-electron chi connectivity index (χ0n) is 17.0. The van der Waals surface area contributed by atoms with Crippen molar-refractivity contribution in [2.24, 2.45) is 5.92 Å². The van der Waals surface area contributed by atoms with Gasteiger partial charge in [-0.05, 0) is 35.4 Å². The number of nitrogens with zero attached hydrogens (tertiary/aromatic N) is 2. The second kappa shape index (κ2) is 8.31.